The maximum atomic E-state index is 11.6. The lowest BCUT2D eigenvalue weighted by Gasteiger charge is -2.26. The fourth-order valence-electron chi connectivity index (χ4n) is 1.74. The number of amides is 1. The van der Waals surface area contributed by atoms with E-state index in [0.29, 0.717) is 11.3 Å². The minimum Gasteiger partial charge on any atom is -0.497 e. The molecule has 21 heavy (non-hydrogen) atoms. The van der Waals surface area contributed by atoms with E-state index < -0.39 is 21.5 Å². The van der Waals surface area contributed by atoms with Crippen molar-refractivity contribution in [2.45, 2.75) is 24.3 Å². The second kappa shape index (κ2) is 7.26. The van der Waals surface area contributed by atoms with E-state index >= 15 is 0 Å². The molecule has 0 aromatic heterocycles. The zero-order valence-electron chi connectivity index (χ0n) is 12.0. The van der Waals surface area contributed by atoms with Crippen molar-refractivity contribution >= 4 is 22.0 Å². The Morgan fingerprint density at radius 3 is 2.76 bits per heavy atom. The minimum atomic E-state index is -1.59. The van der Waals surface area contributed by atoms with Gasteiger partial charge in [0.2, 0.25) is 0 Å². The molecular formula is C13H17BrN2O5. The number of nitro groups is 1. The Balaban J connectivity index is 3.17. The molecule has 1 amide bonds. The quantitative estimate of drug-likeness (QED) is 0.364. The van der Waals surface area contributed by atoms with Gasteiger partial charge in [-0.25, -0.2) is 4.79 Å². The third-order valence-electron chi connectivity index (χ3n) is 2.85. The maximum Gasteiger partial charge on any atom is 0.407 e. The molecular weight excluding hydrogens is 344 g/mol. The van der Waals surface area contributed by atoms with Gasteiger partial charge in [-0.05, 0) is 24.6 Å². The summed E-state index contributed by atoms with van der Waals surface area (Å²) >= 11 is 3.07. The molecule has 0 aliphatic carbocycles. The van der Waals surface area contributed by atoms with E-state index in [1.54, 1.807) is 31.2 Å². The van der Waals surface area contributed by atoms with E-state index in [1.807, 2.05) is 0 Å². The second-order valence-corrected chi connectivity index (χ2v) is 5.96. The van der Waals surface area contributed by atoms with Gasteiger partial charge in [0.25, 0.3) is 4.45 Å². The second-order valence-electron chi connectivity index (χ2n) is 4.36. The van der Waals surface area contributed by atoms with Crippen molar-refractivity contribution in [2.75, 3.05) is 13.7 Å². The first-order chi connectivity index (χ1) is 9.82. The number of benzene rings is 1. The Kier molecular flexibility index (Phi) is 5.95. The van der Waals surface area contributed by atoms with E-state index in [1.165, 1.54) is 14.0 Å². The van der Waals surface area contributed by atoms with E-state index in [2.05, 4.69) is 21.2 Å². The Hall–Kier alpha value is -1.83. The highest BCUT2D eigenvalue weighted by molar-refractivity contribution is 9.10. The number of alkyl halides is 1. The fraction of sp³-hybridized carbons (Fsp3) is 0.462. The number of carbonyl (C=O) groups is 1. The van der Waals surface area contributed by atoms with Crippen molar-refractivity contribution in [3.63, 3.8) is 0 Å². The van der Waals surface area contributed by atoms with Crippen LogP contribution in [-0.2, 0) is 4.74 Å². The Morgan fingerprint density at radius 1 is 1.57 bits per heavy atom. The molecule has 1 rings (SSSR count). The Labute approximate surface area is 130 Å². The lowest BCUT2D eigenvalue weighted by Crippen LogP contribution is -2.45. The average molecular weight is 361 g/mol. The first-order valence-electron chi connectivity index (χ1n) is 6.23. The molecule has 7 nitrogen and oxygen atoms in total. The van der Waals surface area contributed by atoms with Crippen molar-refractivity contribution < 1.29 is 19.2 Å². The number of alkyl carbamates (subject to hydrolysis) is 1. The minimum absolute atomic E-state index is 0.175. The monoisotopic (exact) mass is 360 g/mol. The van der Waals surface area contributed by atoms with Crippen molar-refractivity contribution in [1.82, 2.24) is 5.32 Å². The summed E-state index contributed by atoms with van der Waals surface area (Å²) in [7, 11) is 1.49. The van der Waals surface area contributed by atoms with Crippen LogP contribution in [0.5, 0.6) is 5.75 Å². The highest BCUT2D eigenvalue weighted by atomic mass is 79.9. The predicted octanol–water partition coefficient (Wildman–Crippen LogP) is 2.87. The van der Waals surface area contributed by atoms with E-state index in [0.717, 1.165) is 0 Å². The smallest absolute Gasteiger partial charge is 0.407 e. The first kappa shape index (κ1) is 17.2. The first-order valence-corrected chi connectivity index (χ1v) is 7.02. The van der Waals surface area contributed by atoms with Crippen LogP contribution >= 0.6 is 15.9 Å². The van der Waals surface area contributed by atoms with Crippen LogP contribution in [0.25, 0.3) is 0 Å². The van der Waals surface area contributed by atoms with Gasteiger partial charge in [0.15, 0.2) is 0 Å². The van der Waals surface area contributed by atoms with Crippen LogP contribution in [0, 0.1) is 10.1 Å². The number of nitrogens with zero attached hydrogens (tertiary/aromatic N) is 1. The van der Waals surface area contributed by atoms with Crippen LogP contribution in [0.15, 0.2) is 24.3 Å². The molecule has 0 fully saturated rings. The molecule has 0 radical (unpaired) electrons. The van der Waals surface area contributed by atoms with Crippen molar-refractivity contribution in [3.8, 4) is 5.75 Å². The van der Waals surface area contributed by atoms with Crippen LogP contribution in [0.2, 0.25) is 0 Å². The van der Waals surface area contributed by atoms with E-state index in [9.17, 15) is 14.9 Å². The highest BCUT2D eigenvalue weighted by Crippen LogP contribution is 2.35. The Bertz CT molecular complexity index is 521. The van der Waals surface area contributed by atoms with Crippen molar-refractivity contribution in [2.24, 2.45) is 0 Å². The zero-order valence-corrected chi connectivity index (χ0v) is 13.5. The largest absolute Gasteiger partial charge is 0.497 e. The lowest BCUT2D eigenvalue weighted by atomic mass is 10.0. The number of rotatable bonds is 6. The SMILES string of the molecule is CCOC(=O)NC(c1cccc(OC)c1)C(C)(Br)[N+](=O)[O-]. The van der Waals surface area contributed by atoms with Crippen LogP contribution in [0.3, 0.4) is 0 Å². The van der Waals surface area contributed by atoms with Crippen molar-refractivity contribution in [3.05, 3.63) is 39.9 Å². The summed E-state index contributed by atoms with van der Waals surface area (Å²) < 4.78 is 8.31. The molecule has 0 saturated heterocycles. The van der Waals surface area contributed by atoms with Gasteiger partial charge in [0.1, 0.15) is 11.8 Å². The summed E-state index contributed by atoms with van der Waals surface area (Å²) in [5, 5.41) is 13.8. The number of methoxy groups -OCH3 is 1. The van der Waals surface area contributed by atoms with Crippen molar-refractivity contribution in [1.29, 1.82) is 0 Å². The fourth-order valence-corrected chi connectivity index (χ4v) is 2.12. The molecule has 1 aromatic carbocycles. The molecule has 0 saturated carbocycles. The summed E-state index contributed by atoms with van der Waals surface area (Å²) in [6.45, 7) is 3.19. The predicted molar refractivity (Wildman–Crippen MR) is 80.2 cm³/mol. The van der Waals surface area contributed by atoms with Gasteiger partial charge in [-0.15, -0.1) is 0 Å². The zero-order chi connectivity index (χ0) is 16.0. The molecule has 1 aromatic rings. The molecule has 116 valence electrons. The van der Waals surface area contributed by atoms with E-state index in [-0.39, 0.29) is 6.61 Å². The number of halogens is 1. The average Bonchev–Trinajstić information content (AvgIpc) is 2.44. The molecule has 0 spiro atoms. The third-order valence-corrected chi connectivity index (χ3v) is 3.60. The van der Waals surface area contributed by atoms with Gasteiger partial charge in [0, 0.05) is 27.8 Å². The topological polar surface area (TPSA) is 90.7 Å². The summed E-state index contributed by atoms with van der Waals surface area (Å²) in [5.74, 6) is 0.537. The van der Waals surface area contributed by atoms with Gasteiger partial charge < -0.3 is 14.8 Å². The van der Waals surface area contributed by atoms with Crippen LogP contribution in [-0.4, -0.2) is 29.2 Å². The molecule has 0 aliphatic heterocycles. The molecule has 2 atom stereocenters. The van der Waals surface area contributed by atoms with Gasteiger partial charge in [-0.3, -0.25) is 10.1 Å². The number of nitrogens with one attached hydrogen (secondary N) is 1. The molecule has 2 unspecified atom stereocenters. The number of hydrogen-bond donors (Lipinski definition) is 1. The van der Waals surface area contributed by atoms with E-state index in [4.69, 9.17) is 9.47 Å². The maximum absolute atomic E-state index is 11.6. The number of ether oxygens (including phenoxy) is 2. The number of carbonyl (C=O) groups excluding carboxylic acids is 1. The standard InChI is InChI=1S/C13H17BrN2O5/c1-4-21-12(17)15-11(13(2,14)16(18)19)9-6-5-7-10(8-9)20-3/h5-8,11H,4H2,1-3H3,(H,15,17). The summed E-state index contributed by atoms with van der Waals surface area (Å²) in [4.78, 5) is 22.4. The lowest BCUT2D eigenvalue weighted by molar-refractivity contribution is -0.536. The van der Waals surface area contributed by atoms with Gasteiger partial charge >= 0.3 is 6.09 Å². The molecule has 0 heterocycles. The Morgan fingerprint density at radius 2 is 2.24 bits per heavy atom. The normalized spacial score (nSPS) is 14.7. The van der Waals surface area contributed by atoms with Gasteiger partial charge in [-0.2, -0.15) is 0 Å². The summed E-state index contributed by atoms with van der Waals surface area (Å²) in [6.07, 6.45) is -0.724. The number of hydrogen-bond acceptors (Lipinski definition) is 5. The molecule has 0 bridgehead atoms. The summed E-state index contributed by atoms with van der Waals surface area (Å²) in [6, 6.07) is 5.77. The van der Waals surface area contributed by atoms with Crippen LogP contribution in [0.4, 0.5) is 4.79 Å². The van der Waals surface area contributed by atoms with Crippen LogP contribution < -0.4 is 10.1 Å². The molecule has 0 aliphatic rings. The molecule has 8 heteroatoms. The van der Waals surface area contributed by atoms with Gasteiger partial charge in [0.05, 0.1) is 13.7 Å². The summed E-state index contributed by atoms with van der Waals surface area (Å²) in [5.41, 5.74) is 0.526. The third kappa shape index (κ3) is 4.32. The van der Waals surface area contributed by atoms with Gasteiger partial charge in [-0.1, -0.05) is 12.1 Å². The highest BCUT2D eigenvalue weighted by Gasteiger charge is 2.45. The molecule has 1 N–H and O–H groups in total. The van der Waals surface area contributed by atoms with Crippen LogP contribution in [0.1, 0.15) is 25.5 Å².